The molecule has 0 spiro atoms. The minimum atomic E-state index is 0.791. The minimum absolute atomic E-state index is 0.791. The Kier molecular flexibility index (Phi) is 3.60. The molecule has 1 N–H and O–H groups in total. The van der Waals surface area contributed by atoms with Gasteiger partial charge in [-0.15, -0.1) is 0 Å². The number of aryl methyl sites for hydroxylation is 2. The molecule has 0 fully saturated rings. The molecule has 1 heterocycles. The summed E-state index contributed by atoms with van der Waals surface area (Å²) in [6.45, 7) is 6.13. The maximum absolute atomic E-state index is 4.56. The molecule has 3 heteroatoms. The van der Waals surface area contributed by atoms with Crippen molar-refractivity contribution < 1.29 is 0 Å². The first-order valence-corrected chi connectivity index (χ1v) is 6.28. The quantitative estimate of drug-likeness (QED) is 0.895. The molecule has 0 saturated heterocycles. The van der Waals surface area contributed by atoms with Crippen molar-refractivity contribution in [1.82, 2.24) is 9.97 Å². The van der Waals surface area contributed by atoms with Crippen LogP contribution in [0.5, 0.6) is 0 Å². The van der Waals surface area contributed by atoms with E-state index in [4.69, 9.17) is 0 Å². The fourth-order valence-electron chi connectivity index (χ4n) is 2.05. The number of anilines is 1. The molecule has 0 aliphatic rings. The monoisotopic (exact) mass is 241 g/mol. The molecular weight excluding hydrogens is 222 g/mol. The normalized spacial score (nSPS) is 10.4. The van der Waals surface area contributed by atoms with Gasteiger partial charge in [-0.2, -0.15) is 0 Å². The van der Waals surface area contributed by atoms with Crippen LogP contribution in [-0.4, -0.2) is 17.0 Å². The predicted octanol–water partition coefficient (Wildman–Crippen LogP) is 3.36. The second-order valence-corrected chi connectivity index (χ2v) is 4.39. The molecule has 3 nitrogen and oxygen atoms in total. The van der Waals surface area contributed by atoms with E-state index in [1.165, 1.54) is 5.56 Å². The van der Waals surface area contributed by atoms with Crippen LogP contribution in [-0.2, 0) is 6.42 Å². The van der Waals surface area contributed by atoms with Gasteiger partial charge in [-0.3, -0.25) is 0 Å². The molecule has 2 aromatic rings. The molecule has 0 atom stereocenters. The van der Waals surface area contributed by atoms with Crippen LogP contribution in [0.3, 0.4) is 0 Å². The Morgan fingerprint density at radius 2 is 1.72 bits per heavy atom. The van der Waals surface area contributed by atoms with Gasteiger partial charge in [0.05, 0.1) is 5.69 Å². The van der Waals surface area contributed by atoms with Crippen molar-refractivity contribution in [3.05, 3.63) is 41.2 Å². The lowest BCUT2D eigenvalue weighted by atomic mass is 10.0. The summed E-state index contributed by atoms with van der Waals surface area (Å²) in [6.07, 6.45) is 1.06. The summed E-state index contributed by atoms with van der Waals surface area (Å²) in [5, 5.41) is 3.12. The molecular formula is C15H19N3. The Labute approximate surface area is 108 Å². The van der Waals surface area contributed by atoms with E-state index >= 15 is 0 Å². The molecule has 18 heavy (non-hydrogen) atoms. The van der Waals surface area contributed by atoms with Crippen LogP contribution >= 0.6 is 0 Å². The van der Waals surface area contributed by atoms with Gasteiger partial charge in [0.25, 0.3) is 0 Å². The standard InChI is InChI=1S/C15H19N3/c1-5-12-6-8-13(9-7-12)14-10(2)15(16-4)18-11(3)17-14/h6-9H,5H2,1-4H3,(H,16,17,18). The Bertz CT molecular complexity index is 544. The smallest absolute Gasteiger partial charge is 0.132 e. The van der Waals surface area contributed by atoms with Crippen LogP contribution in [0.4, 0.5) is 5.82 Å². The van der Waals surface area contributed by atoms with Gasteiger partial charge in [0.2, 0.25) is 0 Å². The number of benzene rings is 1. The van der Waals surface area contributed by atoms with E-state index in [1.807, 2.05) is 20.9 Å². The van der Waals surface area contributed by atoms with Crippen LogP contribution in [0, 0.1) is 13.8 Å². The van der Waals surface area contributed by atoms with E-state index in [1.54, 1.807) is 0 Å². The summed E-state index contributed by atoms with van der Waals surface area (Å²) in [5.74, 6) is 1.69. The fourth-order valence-corrected chi connectivity index (χ4v) is 2.05. The van der Waals surface area contributed by atoms with E-state index in [0.29, 0.717) is 0 Å². The van der Waals surface area contributed by atoms with Gasteiger partial charge in [-0.25, -0.2) is 9.97 Å². The zero-order valence-corrected chi connectivity index (χ0v) is 11.4. The van der Waals surface area contributed by atoms with E-state index < -0.39 is 0 Å². The highest BCUT2D eigenvalue weighted by molar-refractivity contribution is 5.68. The third-order valence-electron chi connectivity index (χ3n) is 3.13. The maximum Gasteiger partial charge on any atom is 0.132 e. The molecule has 0 unspecified atom stereocenters. The predicted molar refractivity (Wildman–Crippen MR) is 75.9 cm³/mol. The second kappa shape index (κ2) is 5.17. The Morgan fingerprint density at radius 3 is 2.28 bits per heavy atom. The van der Waals surface area contributed by atoms with Crippen molar-refractivity contribution in [1.29, 1.82) is 0 Å². The summed E-state index contributed by atoms with van der Waals surface area (Å²) in [6, 6.07) is 8.58. The number of hydrogen-bond acceptors (Lipinski definition) is 3. The largest absolute Gasteiger partial charge is 0.373 e. The summed E-state index contributed by atoms with van der Waals surface area (Å²) < 4.78 is 0. The van der Waals surface area contributed by atoms with Gasteiger partial charge in [0, 0.05) is 18.2 Å². The van der Waals surface area contributed by atoms with E-state index in [0.717, 1.165) is 34.9 Å². The molecule has 0 saturated carbocycles. The lowest BCUT2D eigenvalue weighted by Crippen LogP contribution is -2.02. The van der Waals surface area contributed by atoms with Crippen LogP contribution in [0.2, 0.25) is 0 Å². The Balaban J connectivity index is 2.52. The SMILES string of the molecule is CCc1ccc(-c2nc(C)nc(NC)c2C)cc1. The van der Waals surface area contributed by atoms with Gasteiger partial charge in [-0.05, 0) is 25.8 Å². The first-order chi connectivity index (χ1) is 8.65. The van der Waals surface area contributed by atoms with Crippen molar-refractivity contribution in [2.24, 2.45) is 0 Å². The van der Waals surface area contributed by atoms with Crippen LogP contribution in [0.15, 0.2) is 24.3 Å². The minimum Gasteiger partial charge on any atom is -0.373 e. The lowest BCUT2D eigenvalue weighted by molar-refractivity contribution is 1.04. The number of rotatable bonds is 3. The summed E-state index contributed by atoms with van der Waals surface area (Å²) in [5.41, 5.74) is 4.59. The fraction of sp³-hybridized carbons (Fsp3) is 0.333. The van der Waals surface area contributed by atoms with Crippen molar-refractivity contribution in [2.45, 2.75) is 27.2 Å². The average molecular weight is 241 g/mol. The third kappa shape index (κ3) is 2.35. The number of nitrogens with one attached hydrogen (secondary N) is 1. The number of aromatic nitrogens is 2. The van der Waals surface area contributed by atoms with Crippen molar-refractivity contribution >= 4 is 5.82 Å². The van der Waals surface area contributed by atoms with Gasteiger partial charge in [0.1, 0.15) is 11.6 Å². The first kappa shape index (κ1) is 12.6. The zero-order chi connectivity index (χ0) is 13.1. The number of nitrogens with zero attached hydrogens (tertiary/aromatic N) is 2. The van der Waals surface area contributed by atoms with Crippen LogP contribution < -0.4 is 5.32 Å². The van der Waals surface area contributed by atoms with Gasteiger partial charge < -0.3 is 5.32 Å². The molecule has 0 radical (unpaired) electrons. The molecule has 0 aliphatic carbocycles. The molecule has 2 rings (SSSR count). The van der Waals surface area contributed by atoms with E-state index in [-0.39, 0.29) is 0 Å². The average Bonchev–Trinajstić information content (AvgIpc) is 2.41. The molecule has 94 valence electrons. The summed E-state index contributed by atoms with van der Waals surface area (Å²) >= 11 is 0. The molecule has 0 aliphatic heterocycles. The van der Waals surface area contributed by atoms with Gasteiger partial charge in [0.15, 0.2) is 0 Å². The van der Waals surface area contributed by atoms with Gasteiger partial charge in [-0.1, -0.05) is 31.2 Å². The van der Waals surface area contributed by atoms with Crippen molar-refractivity contribution in [3.63, 3.8) is 0 Å². The molecule has 0 bridgehead atoms. The molecule has 1 aromatic heterocycles. The third-order valence-corrected chi connectivity index (χ3v) is 3.13. The summed E-state index contributed by atoms with van der Waals surface area (Å²) in [7, 11) is 1.89. The van der Waals surface area contributed by atoms with E-state index in [9.17, 15) is 0 Å². The van der Waals surface area contributed by atoms with E-state index in [2.05, 4.69) is 46.5 Å². The summed E-state index contributed by atoms with van der Waals surface area (Å²) in [4.78, 5) is 8.94. The second-order valence-electron chi connectivity index (χ2n) is 4.39. The first-order valence-electron chi connectivity index (χ1n) is 6.28. The van der Waals surface area contributed by atoms with Crippen molar-refractivity contribution in [3.8, 4) is 11.3 Å². The Hall–Kier alpha value is -1.90. The number of hydrogen-bond donors (Lipinski definition) is 1. The topological polar surface area (TPSA) is 37.8 Å². The highest BCUT2D eigenvalue weighted by atomic mass is 15.0. The van der Waals surface area contributed by atoms with Crippen molar-refractivity contribution in [2.75, 3.05) is 12.4 Å². The highest BCUT2D eigenvalue weighted by Crippen LogP contribution is 2.25. The lowest BCUT2D eigenvalue weighted by Gasteiger charge is -2.11. The zero-order valence-electron chi connectivity index (χ0n) is 11.4. The van der Waals surface area contributed by atoms with Crippen LogP contribution in [0.25, 0.3) is 11.3 Å². The maximum atomic E-state index is 4.56. The Morgan fingerprint density at radius 1 is 1.06 bits per heavy atom. The highest BCUT2D eigenvalue weighted by Gasteiger charge is 2.09. The van der Waals surface area contributed by atoms with Crippen LogP contribution in [0.1, 0.15) is 23.9 Å². The van der Waals surface area contributed by atoms with Gasteiger partial charge >= 0.3 is 0 Å². The molecule has 1 aromatic carbocycles. The molecule has 0 amide bonds.